The maximum Gasteiger partial charge on any atom is 0.305 e. The van der Waals surface area contributed by atoms with E-state index in [1.165, 1.54) is 0 Å². The largest absolute Gasteiger partial charge is 0.481 e. The molecule has 3 N–H and O–H groups in total. The van der Waals surface area contributed by atoms with Crippen LogP contribution in [0.1, 0.15) is 39.2 Å². The topological polar surface area (TPSA) is 83.6 Å². The minimum Gasteiger partial charge on any atom is -0.481 e. The fourth-order valence-electron chi connectivity index (χ4n) is 2.84. The summed E-state index contributed by atoms with van der Waals surface area (Å²) in [7, 11) is 0. The normalized spacial score (nSPS) is 22.7. The molecule has 0 spiro atoms. The van der Waals surface area contributed by atoms with Crippen LogP contribution in [-0.2, 0) is 16.0 Å². The summed E-state index contributed by atoms with van der Waals surface area (Å²) in [5.74, 6) is -1.37. The summed E-state index contributed by atoms with van der Waals surface area (Å²) in [6.45, 7) is 5.77. The molecule has 0 radical (unpaired) electrons. The minimum absolute atomic E-state index is 0.317. The number of carbonyl (C=O) groups is 2. The third-order valence-corrected chi connectivity index (χ3v) is 3.84. The van der Waals surface area contributed by atoms with Crippen molar-refractivity contribution in [2.75, 3.05) is 4.90 Å². The zero-order valence-corrected chi connectivity index (χ0v) is 12.7. The van der Waals surface area contributed by atoms with Crippen LogP contribution in [0.4, 0.5) is 5.69 Å². The fourth-order valence-corrected chi connectivity index (χ4v) is 2.84. The van der Waals surface area contributed by atoms with E-state index < -0.39 is 17.0 Å². The van der Waals surface area contributed by atoms with Gasteiger partial charge in [0.05, 0.1) is 6.42 Å². The number of nitrogens with zero attached hydrogens (tertiary/aromatic N) is 1. The van der Waals surface area contributed by atoms with Gasteiger partial charge in [-0.05, 0) is 45.2 Å². The zero-order valence-electron chi connectivity index (χ0n) is 12.7. The van der Waals surface area contributed by atoms with E-state index in [-0.39, 0.29) is 12.3 Å². The molecule has 2 rings (SSSR count). The van der Waals surface area contributed by atoms with Crippen LogP contribution in [0.15, 0.2) is 24.3 Å². The number of amides is 1. The molecule has 1 heterocycles. The highest BCUT2D eigenvalue weighted by Crippen LogP contribution is 2.36. The van der Waals surface area contributed by atoms with Crippen molar-refractivity contribution in [2.45, 2.75) is 51.1 Å². The van der Waals surface area contributed by atoms with Gasteiger partial charge >= 0.3 is 5.97 Å². The Kier molecular flexibility index (Phi) is 3.80. The first kappa shape index (κ1) is 15.5. The number of carboxylic acids is 1. The van der Waals surface area contributed by atoms with Crippen LogP contribution in [0.2, 0.25) is 0 Å². The van der Waals surface area contributed by atoms with Crippen molar-refractivity contribution in [3.8, 4) is 0 Å². The summed E-state index contributed by atoms with van der Waals surface area (Å²) in [6, 6.07) is 7.66. The monoisotopic (exact) mass is 290 g/mol. The summed E-state index contributed by atoms with van der Waals surface area (Å²) in [6.07, 6.45) is 0.576. The van der Waals surface area contributed by atoms with Gasteiger partial charge in [-0.2, -0.15) is 0 Å². The van der Waals surface area contributed by atoms with Crippen LogP contribution < -0.4 is 10.6 Å². The van der Waals surface area contributed by atoms with Gasteiger partial charge in [-0.25, -0.2) is 0 Å². The molecule has 5 heteroatoms. The van der Waals surface area contributed by atoms with E-state index in [0.717, 1.165) is 11.3 Å². The lowest BCUT2D eigenvalue weighted by atomic mass is 9.88. The van der Waals surface area contributed by atoms with Crippen LogP contribution in [0.3, 0.4) is 0 Å². The van der Waals surface area contributed by atoms with Gasteiger partial charge in [-0.15, -0.1) is 0 Å². The van der Waals surface area contributed by atoms with Crippen molar-refractivity contribution >= 4 is 17.6 Å². The third-order valence-electron chi connectivity index (χ3n) is 3.84. The van der Waals surface area contributed by atoms with E-state index in [0.29, 0.717) is 12.8 Å². The number of carbonyl (C=O) groups excluding carboxylic acids is 1. The number of anilines is 1. The summed E-state index contributed by atoms with van der Waals surface area (Å²) >= 11 is 0. The molecule has 21 heavy (non-hydrogen) atoms. The zero-order chi connectivity index (χ0) is 15.8. The van der Waals surface area contributed by atoms with E-state index in [4.69, 9.17) is 10.8 Å². The Hall–Kier alpha value is -1.88. The van der Waals surface area contributed by atoms with E-state index >= 15 is 0 Å². The van der Waals surface area contributed by atoms with Crippen molar-refractivity contribution in [3.63, 3.8) is 0 Å². The first-order chi connectivity index (χ1) is 9.65. The first-order valence-electron chi connectivity index (χ1n) is 7.08. The Bertz CT molecular complexity index is 577. The maximum atomic E-state index is 12.9. The van der Waals surface area contributed by atoms with Crippen LogP contribution in [0.25, 0.3) is 0 Å². The molecule has 0 aromatic heterocycles. The number of benzene rings is 1. The predicted molar refractivity (Wildman–Crippen MR) is 81.2 cm³/mol. The van der Waals surface area contributed by atoms with E-state index in [1.807, 2.05) is 45.0 Å². The van der Waals surface area contributed by atoms with Crippen molar-refractivity contribution in [3.05, 3.63) is 29.8 Å². The first-order valence-corrected chi connectivity index (χ1v) is 7.08. The van der Waals surface area contributed by atoms with Gasteiger partial charge in [0.25, 0.3) is 0 Å². The minimum atomic E-state index is -1.36. The van der Waals surface area contributed by atoms with Gasteiger partial charge in [0.1, 0.15) is 5.54 Å². The third kappa shape index (κ3) is 2.93. The Morgan fingerprint density at radius 3 is 2.57 bits per heavy atom. The molecule has 0 unspecified atom stereocenters. The Morgan fingerprint density at radius 2 is 2.00 bits per heavy atom. The highest BCUT2D eigenvalue weighted by molar-refractivity contribution is 6.04. The molecule has 1 aliphatic rings. The predicted octanol–water partition coefficient (Wildman–Crippen LogP) is 1.94. The summed E-state index contributed by atoms with van der Waals surface area (Å²) in [4.78, 5) is 25.7. The molecule has 1 aromatic carbocycles. The standard InChI is InChI=1S/C16H22N2O3/c1-15(2,3)18-12-7-5-4-6-11(12)8-9-16(17,14(18)21)10-13(19)20/h4-7H,8-10,17H2,1-3H3,(H,19,20)/t16-/m1/s1. The van der Waals surface area contributed by atoms with Gasteiger partial charge in [-0.1, -0.05) is 18.2 Å². The number of fused-ring (bicyclic) bond motifs is 1. The molecule has 1 atom stereocenters. The Labute approximate surface area is 124 Å². The number of nitrogens with two attached hydrogens (primary N) is 1. The highest BCUT2D eigenvalue weighted by Gasteiger charge is 2.45. The Balaban J connectivity index is 2.56. The number of aliphatic carboxylic acids is 1. The number of aryl methyl sites for hydroxylation is 1. The highest BCUT2D eigenvalue weighted by atomic mass is 16.4. The number of carboxylic acid groups (broad SMARTS) is 1. The molecular weight excluding hydrogens is 268 g/mol. The lowest BCUT2D eigenvalue weighted by Crippen LogP contribution is -2.60. The van der Waals surface area contributed by atoms with Crippen molar-refractivity contribution in [1.29, 1.82) is 0 Å². The smallest absolute Gasteiger partial charge is 0.305 e. The van der Waals surface area contributed by atoms with Crippen LogP contribution >= 0.6 is 0 Å². The van der Waals surface area contributed by atoms with E-state index in [2.05, 4.69) is 0 Å². The van der Waals surface area contributed by atoms with E-state index in [9.17, 15) is 9.59 Å². The SMILES string of the molecule is CC(C)(C)N1C(=O)[C@](N)(CC(=O)O)CCc2ccccc21. The molecule has 0 fully saturated rings. The lowest BCUT2D eigenvalue weighted by molar-refractivity contribution is -0.141. The molecular formula is C16H22N2O3. The van der Waals surface area contributed by atoms with E-state index in [1.54, 1.807) is 4.90 Å². The van der Waals surface area contributed by atoms with Crippen LogP contribution in [0.5, 0.6) is 0 Å². The second kappa shape index (κ2) is 5.15. The van der Waals surface area contributed by atoms with Crippen molar-refractivity contribution in [1.82, 2.24) is 0 Å². The van der Waals surface area contributed by atoms with Gasteiger partial charge in [0.15, 0.2) is 0 Å². The number of para-hydroxylation sites is 1. The van der Waals surface area contributed by atoms with Gasteiger partial charge in [-0.3, -0.25) is 9.59 Å². The Morgan fingerprint density at radius 1 is 1.38 bits per heavy atom. The number of rotatable bonds is 2. The maximum absolute atomic E-state index is 12.9. The van der Waals surface area contributed by atoms with Crippen LogP contribution in [0, 0.1) is 0 Å². The second-order valence-electron chi connectivity index (χ2n) is 6.67. The molecule has 1 aromatic rings. The second-order valence-corrected chi connectivity index (χ2v) is 6.67. The number of hydrogen-bond acceptors (Lipinski definition) is 3. The van der Waals surface area contributed by atoms with Crippen LogP contribution in [-0.4, -0.2) is 28.1 Å². The lowest BCUT2D eigenvalue weighted by Gasteiger charge is -2.40. The summed E-state index contributed by atoms with van der Waals surface area (Å²) < 4.78 is 0. The molecule has 1 amide bonds. The molecule has 0 saturated heterocycles. The molecule has 0 aliphatic carbocycles. The molecule has 0 bridgehead atoms. The van der Waals surface area contributed by atoms with Crippen molar-refractivity contribution in [2.24, 2.45) is 5.73 Å². The molecule has 0 saturated carbocycles. The van der Waals surface area contributed by atoms with Gasteiger partial charge < -0.3 is 15.7 Å². The summed E-state index contributed by atoms with van der Waals surface area (Å²) in [5.41, 5.74) is 6.22. The van der Waals surface area contributed by atoms with Crippen molar-refractivity contribution < 1.29 is 14.7 Å². The summed E-state index contributed by atoms with van der Waals surface area (Å²) in [5, 5.41) is 9.10. The average molecular weight is 290 g/mol. The molecule has 114 valence electrons. The van der Waals surface area contributed by atoms with Gasteiger partial charge in [0.2, 0.25) is 5.91 Å². The average Bonchev–Trinajstić information content (AvgIpc) is 2.45. The quantitative estimate of drug-likeness (QED) is 0.872. The van der Waals surface area contributed by atoms with Gasteiger partial charge in [0, 0.05) is 11.2 Å². The molecule has 5 nitrogen and oxygen atoms in total. The fraction of sp³-hybridized carbons (Fsp3) is 0.500. The molecule has 1 aliphatic heterocycles. The number of hydrogen-bond donors (Lipinski definition) is 2.